The maximum absolute atomic E-state index is 14.2. The van der Waals surface area contributed by atoms with E-state index in [9.17, 15) is 14.0 Å². The number of hydrogen-bond acceptors (Lipinski definition) is 3. The molecule has 2 atom stereocenters. The van der Waals surface area contributed by atoms with Gasteiger partial charge in [-0.05, 0) is 44.7 Å². The first-order valence-corrected chi connectivity index (χ1v) is 8.71. The molecule has 1 aromatic rings. The molecular weight excluding hydrogens is 325 g/mol. The van der Waals surface area contributed by atoms with Gasteiger partial charge in [0, 0.05) is 12.6 Å². The Hall–Kier alpha value is -2.31. The Balaban J connectivity index is 1.67. The van der Waals surface area contributed by atoms with E-state index in [0.717, 1.165) is 19.3 Å². The second kappa shape index (κ2) is 7.29. The molecule has 6 nitrogen and oxygen atoms in total. The number of hydrogen-bond donors (Lipinski definition) is 2. The standard InChI is InChI=1S/C18H24FN3O3/c1-11(16-13(19)5-3-7-15(16)25-2)20-18(24)22-10-4-6-14(22)17(23)21-12-8-9-12/h3,5,7,11-12,14H,4,6,8-10H2,1-2H3,(H,20,24)(H,21,23)/t11-,14+/m1/s1. The predicted octanol–water partition coefficient (Wildman–Crippen LogP) is 2.35. The molecule has 2 N–H and O–H groups in total. The third kappa shape index (κ3) is 3.86. The molecule has 1 saturated heterocycles. The molecule has 3 amide bonds. The first kappa shape index (κ1) is 17.5. The van der Waals surface area contributed by atoms with Gasteiger partial charge < -0.3 is 20.3 Å². The molecule has 1 saturated carbocycles. The summed E-state index contributed by atoms with van der Waals surface area (Å²) in [6.07, 6.45) is 3.46. The number of ether oxygens (including phenoxy) is 1. The largest absolute Gasteiger partial charge is 0.496 e. The van der Waals surface area contributed by atoms with E-state index in [4.69, 9.17) is 4.74 Å². The van der Waals surface area contributed by atoms with Gasteiger partial charge in [-0.3, -0.25) is 4.79 Å². The van der Waals surface area contributed by atoms with Crippen LogP contribution in [0.15, 0.2) is 18.2 Å². The zero-order valence-electron chi connectivity index (χ0n) is 14.5. The van der Waals surface area contributed by atoms with Crippen LogP contribution < -0.4 is 15.4 Å². The molecule has 1 aliphatic heterocycles. The van der Waals surface area contributed by atoms with Gasteiger partial charge in [-0.2, -0.15) is 0 Å². The topological polar surface area (TPSA) is 70.7 Å². The van der Waals surface area contributed by atoms with Crippen molar-refractivity contribution in [1.29, 1.82) is 0 Å². The fraction of sp³-hybridized carbons (Fsp3) is 0.556. The number of carbonyl (C=O) groups is 2. The fourth-order valence-corrected chi connectivity index (χ4v) is 3.26. The van der Waals surface area contributed by atoms with Gasteiger partial charge in [0.15, 0.2) is 0 Å². The molecule has 2 fully saturated rings. The summed E-state index contributed by atoms with van der Waals surface area (Å²) in [4.78, 5) is 26.5. The molecule has 0 aromatic heterocycles. The van der Waals surface area contributed by atoms with Crippen LogP contribution in [0, 0.1) is 5.82 Å². The van der Waals surface area contributed by atoms with Crippen molar-refractivity contribution in [3.8, 4) is 5.75 Å². The van der Waals surface area contributed by atoms with Crippen LogP contribution in [-0.2, 0) is 4.79 Å². The van der Waals surface area contributed by atoms with Crippen molar-refractivity contribution in [2.24, 2.45) is 0 Å². The van der Waals surface area contributed by atoms with Crippen molar-refractivity contribution >= 4 is 11.9 Å². The second-order valence-electron chi connectivity index (χ2n) is 6.66. The minimum absolute atomic E-state index is 0.0914. The summed E-state index contributed by atoms with van der Waals surface area (Å²) in [5, 5.41) is 5.75. The number of rotatable bonds is 5. The van der Waals surface area contributed by atoms with Crippen LogP contribution in [0.2, 0.25) is 0 Å². The summed E-state index contributed by atoms with van der Waals surface area (Å²) < 4.78 is 19.4. The lowest BCUT2D eigenvalue weighted by atomic mass is 10.1. The summed E-state index contributed by atoms with van der Waals surface area (Å²) in [5.41, 5.74) is 0.302. The maximum Gasteiger partial charge on any atom is 0.318 e. The molecule has 1 aromatic carbocycles. The number of urea groups is 1. The van der Waals surface area contributed by atoms with Gasteiger partial charge >= 0.3 is 6.03 Å². The zero-order valence-corrected chi connectivity index (χ0v) is 14.5. The minimum atomic E-state index is -0.573. The average molecular weight is 349 g/mol. The Morgan fingerprint density at radius 2 is 2.08 bits per heavy atom. The number of amides is 3. The molecule has 7 heteroatoms. The monoisotopic (exact) mass is 349 g/mol. The Kier molecular flexibility index (Phi) is 5.11. The third-order valence-corrected chi connectivity index (χ3v) is 4.75. The van der Waals surface area contributed by atoms with Crippen molar-refractivity contribution in [2.45, 2.75) is 50.7 Å². The molecule has 3 rings (SSSR count). The van der Waals surface area contributed by atoms with Gasteiger partial charge in [0.05, 0.1) is 18.7 Å². The molecule has 1 heterocycles. The van der Waals surface area contributed by atoms with Gasteiger partial charge in [-0.1, -0.05) is 6.07 Å². The van der Waals surface area contributed by atoms with Crippen molar-refractivity contribution in [2.75, 3.05) is 13.7 Å². The van der Waals surface area contributed by atoms with E-state index in [1.807, 2.05) is 0 Å². The Labute approximate surface area is 146 Å². The van der Waals surface area contributed by atoms with E-state index in [2.05, 4.69) is 10.6 Å². The van der Waals surface area contributed by atoms with E-state index >= 15 is 0 Å². The van der Waals surface area contributed by atoms with E-state index in [1.54, 1.807) is 24.0 Å². The van der Waals surface area contributed by atoms with Crippen molar-refractivity contribution in [3.05, 3.63) is 29.6 Å². The SMILES string of the molecule is COc1cccc(F)c1[C@@H](C)NC(=O)N1CCC[C@H]1C(=O)NC1CC1. The molecule has 0 unspecified atom stereocenters. The smallest absolute Gasteiger partial charge is 0.318 e. The van der Waals surface area contributed by atoms with Crippen LogP contribution in [0.3, 0.4) is 0 Å². The first-order chi connectivity index (χ1) is 12.0. The normalized spacial score (nSPS) is 20.9. The van der Waals surface area contributed by atoms with Gasteiger partial charge in [-0.15, -0.1) is 0 Å². The molecule has 2 aliphatic rings. The Morgan fingerprint density at radius 3 is 2.76 bits per heavy atom. The number of likely N-dealkylation sites (tertiary alicyclic amines) is 1. The highest BCUT2D eigenvalue weighted by Gasteiger charge is 2.37. The van der Waals surface area contributed by atoms with Crippen LogP contribution in [0.25, 0.3) is 0 Å². The van der Waals surface area contributed by atoms with Crippen LogP contribution in [-0.4, -0.2) is 42.6 Å². The van der Waals surface area contributed by atoms with Crippen molar-refractivity contribution in [3.63, 3.8) is 0 Å². The first-order valence-electron chi connectivity index (χ1n) is 8.71. The van der Waals surface area contributed by atoms with Crippen LogP contribution in [0.1, 0.15) is 44.2 Å². The Bertz CT molecular complexity index is 663. The van der Waals surface area contributed by atoms with E-state index in [0.29, 0.717) is 24.3 Å². The number of methoxy groups -OCH3 is 1. The summed E-state index contributed by atoms with van der Waals surface area (Å²) in [7, 11) is 1.46. The lowest BCUT2D eigenvalue weighted by molar-refractivity contribution is -0.124. The lowest BCUT2D eigenvalue weighted by Crippen LogP contribution is -2.50. The van der Waals surface area contributed by atoms with Gasteiger partial charge in [0.1, 0.15) is 17.6 Å². The average Bonchev–Trinajstić information content (AvgIpc) is 3.25. The second-order valence-corrected chi connectivity index (χ2v) is 6.66. The number of nitrogens with zero attached hydrogens (tertiary/aromatic N) is 1. The lowest BCUT2D eigenvalue weighted by Gasteiger charge is -2.27. The molecule has 25 heavy (non-hydrogen) atoms. The van der Waals surface area contributed by atoms with E-state index in [-0.39, 0.29) is 18.0 Å². The molecular formula is C18H24FN3O3. The molecule has 136 valence electrons. The quantitative estimate of drug-likeness (QED) is 0.857. The number of halogens is 1. The van der Waals surface area contributed by atoms with Gasteiger partial charge in [-0.25, -0.2) is 9.18 Å². The van der Waals surface area contributed by atoms with Gasteiger partial charge in [0.2, 0.25) is 5.91 Å². The molecule has 0 spiro atoms. The van der Waals surface area contributed by atoms with E-state index < -0.39 is 17.9 Å². The van der Waals surface area contributed by atoms with Crippen molar-refractivity contribution < 1.29 is 18.7 Å². The number of carbonyl (C=O) groups excluding carboxylic acids is 2. The molecule has 1 aliphatic carbocycles. The summed E-state index contributed by atoms with van der Waals surface area (Å²) >= 11 is 0. The third-order valence-electron chi connectivity index (χ3n) is 4.75. The van der Waals surface area contributed by atoms with Crippen LogP contribution in [0.5, 0.6) is 5.75 Å². The summed E-state index contributed by atoms with van der Waals surface area (Å²) in [6.45, 7) is 2.23. The summed E-state index contributed by atoms with van der Waals surface area (Å²) in [5.74, 6) is -0.139. The number of nitrogens with one attached hydrogen (secondary N) is 2. The van der Waals surface area contributed by atoms with Crippen LogP contribution >= 0.6 is 0 Å². The summed E-state index contributed by atoms with van der Waals surface area (Å²) in [6, 6.07) is 3.44. The highest BCUT2D eigenvalue weighted by Crippen LogP contribution is 2.28. The number of benzene rings is 1. The highest BCUT2D eigenvalue weighted by molar-refractivity contribution is 5.88. The minimum Gasteiger partial charge on any atom is -0.496 e. The van der Waals surface area contributed by atoms with E-state index in [1.165, 1.54) is 13.2 Å². The molecule has 0 radical (unpaired) electrons. The zero-order chi connectivity index (χ0) is 18.0. The fourth-order valence-electron chi connectivity index (χ4n) is 3.26. The maximum atomic E-state index is 14.2. The van der Waals surface area contributed by atoms with Crippen LogP contribution in [0.4, 0.5) is 9.18 Å². The van der Waals surface area contributed by atoms with Gasteiger partial charge in [0.25, 0.3) is 0 Å². The highest BCUT2D eigenvalue weighted by atomic mass is 19.1. The molecule has 0 bridgehead atoms. The predicted molar refractivity (Wildman–Crippen MR) is 90.8 cm³/mol. The van der Waals surface area contributed by atoms with Crippen molar-refractivity contribution in [1.82, 2.24) is 15.5 Å². The Morgan fingerprint density at radius 1 is 1.32 bits per heavy atom.